The van der Waals surface area contributed by atoms with Crippen LogP contribution >= 0.6 is 11.6 Å². The normalized spacial score (nSPS) is 10.5. The van der Waals surface area contributed by atoms with Crippen LogP contribution in [0.4, 0.5) is 0 Å². The molecule has 8 heteroatoms. The first kappa shape index (κ1) is 17.9. The molecule has 0 spiro atoms. The molecule has 0 aliphatic rings. The number of benzene rings is 2. The molecule has 1 heterocycles. The van der Waals surface area contributed by atoms with Crippen LogP contribution in [0.2, 0.25) is 5.02 Å². The molecule has 0 atom stereocenters. The molecule has 0 unspecified atom stereocenters. The number of hydrogen-bond acceptors (Lipinski definition) is 6. The minimum atomic E-state index is -0.256. The molecule has 3 aromatic rings. The van der Waals surface area contributed by atoms with Crippen LogP contribution in [-0.2, 0) is 6.61 Å². The van der Waals surface area contributed by atoms with E-state index in [4.69, 9.17) is 25.9 Å². The van der Waals surface area contributed by atoms with Crippen molar-refractivity contribution < 1.29 is 19.1 Å². The van der Waals surface area contributed by atoms with Crippen molar-refractivity contribution in [2.24, 2.45) is 0 Å². The molecule has 134 valence electrons. The molecule has 1 aromatic heterocycles. The highest BCUT2D eigenvalue weighted by molar-refractivity contribution is 6.30. The van der Waals surface area contributed by atoms with E-state index in [0.29, 0.717) is 28.1 Å². The first-order valence-electron chi connectivity index (χ1n) is 7.86. The number of aliphatic hydroxyl groups excluding tert-OH is 1. The highest BCUT2D eigenvalue weighted by Crippen LogP contribution is 2.22. The Labute approximate surface area is 154 Å². The first-order chi connectivity index (χ1) is 12.7. The van der Waals surface area contributed by atoms with Gasteiger partial charge in [-0.25, -0.2) is 0 Å². The molecule has 0 saturated heterocycles. The van der Waals surface area contributed by atoms with Gasteiger partial charge in [0.1, 0.15) is 5.75 Å². The standard InChI is InChI=1S/C18H16ClN3O4/c19-14-3-1-2-13(10-14)18-22-21-16(26-18)11-25-15-6-4-12(5-7-15)17(24)20-8-9-23/h1-7,10,23H,8-9,11H2,(H,20,24). The van der Waals surface area contributed by atoms with E-state index in [2.05, 4.69) is 15.5 Å². The summed E-state index contributed by atoms with van der Waals surface area (Å²) in [5, 5.41) is 19.8. The van der Waals surface area contributed by atoms with E-state index in [9.17, 15) is 4.79 Å². The second-order valence-electron chi connectivity index (χ2n) is 5.30. The second kappa shape index (κ2) is 8.46. The second-order valence-corrected chi connectivity index (χ2v) is 5.74. The van der Waals surface area contributed by atoms with E-state index in [1.54, 1.807) is 42.5 Å². The van der Waals surface area contributed by atoms with Crippen LogP contribution in [0.15, 0.2) is 52.9 Å². The van der Waals surface area contributed by atoms with Crippen molar-refractivity contribution in [1.29, 1.82) is 0 Å². The largest absolute Gasteiger partial charge is 0.484 e. The smallest absolute Gasteiger partial charge is 0.254 e. The summed E-state index contributed by atoms with van der Waals surface area (Å²) < 4.78 is 11.1. The van der Waals surface area contributed by atoms with Gasteiger partial charge in [-0.15, -0.1) is 10.2 Å². The molecular weight excluding hydrogens is 358 g/mol. The van der Waals surface area contributed by atoms with E-state index in [-0.39, 0.29) is 25.7 Å². The summed E-state index contributed by atoms with van der Waals surface area (Å²) >= 11 is 5.95. The Balaban J connectivity index is 1.58. The Morgan fingerprint density at radius 1 is 1.19 bits per heavy atom. The number of halogens is 1. The summed E-state index contributed by atoms with van der Waals surface area (Å²) in [6.07, 6.45) is 0. The van der Waals surface area contributed by atoms with Gasteiger partial charge < -0.3 is 19.6 Å². The SMILES string of the molecule is O=C(NCCO)c1ccc(OCc2nnc(-c3cccc(Cl)c3)o2)cc1. The highest BCUT2D eigenvalue weighted by atomic mass is 35.5. The van der Waals surface area contributed by atoms with Crippen molar-refractivity contribution in [3.8, 4) is 17.2 Å². The molecule has 26 heavy (non-hydrogen) atoms. The Hall–Kier alpha value is -2.90. The predicted molar refractivity (Wildman–Crippen MR) is 94.9 cm³/mol. The van der Waals surface area contributed by atoms with Gasteiger partial charge in [-0.3, -0.25) is 4.79 Å². The molecule has 3 rings (SSSR count). The minimum absolute atomic E-state index is 0.101. The van der Waals surface area contributed by atoms with Crippen molar-refractivity contribution in [3.63, 3.8) is 0 Å². The van der Waals surface area contributed by atoms with Crippen LogP contribution in [-0.4, -0.2) is 34.4 Å². The predicted octanol–water partition coefficient (Wildman–Crippen LogP) is 2.69. The number of nitrogens with zero attached hydrogens (tertiary/aromatic N) is 2. The van der Waals surface area contributed by atoms with Crippen LogP contribution in [0.3, 0.4) is 0 Å². The summed E-state index contributed by atoms with van der Waals surface area (Å²) in [4.78, 5) is 11.7. The Morgan fingerprint density at radius 2 is 2.00 bits per heavy atom. The maximum Gasteiger partial charge on any atom is 0.254 e. The number of aromatic nitrogens is 2. The zero-order chi connectivity index (χ0) is 18.4. The minimum Gasteiger partial charge on any atom is -0.484 e. The zero-order valence-corrected chi connectivity index (χ0v) is 14.4. The van der Waals surface area contributed by atoms with Crippen LogP contribution in [0, 0.1) is 0 Å². The van der Waals surface area contributed by atoms with E-state index >= 15 is 0 Å². The number of aliphatic hydroxyl groups is 1. The summed E-state index contributed by atoms with van der Waals surface area (Å²) in [7, 11) is 0. The summed E-state index contributed by atoms with van der Waals surface area (Å²) in [6.45, 7) is 0.209. The van der Waals surface area contributed by atoms with Crippen molar-refractivity contribution in [2.45, 2.75) is 6.61 Å². The molecule has 0 radical (unpaired) electrons. The third kappa shape index (κ3) is 4.59. The van der Waals surface area contributed by atoms with Crippen molar-refractivity contribution in [2.75, 3.05) is 13.2 Å². The quantitative estimate of drug-likeness (QED) is 0.660. The number of hydrogen-bond donors (Lipinski definition) is 2. The Kier molecular flexibility index (Phi) is 5.83. The van der Waals surface area contributed by atoms with Crippen LogP contribution in [0.1, 0.15) is 16.2 Å². The molecular formula is C18H16ClN3O4. The average Bonchev–Trinajstić information content (AvgIpc) is 3.14. The van der Waals surface area contributed by atoms with Gasteiger partial charge in [-0.05, 0) is 42.5 Å². The molecule has 2 N–H and O–H groups in total. The molecule has 0 fully saturated rings. The fraction of sp³-hybridized carbons (Fsp3) is 0.167. The molecule has 0 bridgehead atoms. The lowest BCUT2D eigenvalue weighted by molar-refractivity contribution is 0.0944. The highest BCUT2D eigenvalue weighted by Gasteiger charge is 2.10. The monoisotopic (exact) mass is 373 g/mol. The third-order valence-corrected chi connectivity index (χ3v) is 3.65. The Morgan fingerprint density at radius 3 is 2.73 bits per heavy atom. The van der Waals surface area contributed by atoms with Gasteiger partial charge in [-0.1, -0.05) is 17.7 Å². The molecule has 0 aliphatic heterocycles. The Bertz CT molecular complexity index is 880. The number of nitrogens with one attached hydrogen (secondary N) is 1. The van der Waals surface area contributed by atoms with Crippen molar-refractivity contribution in [1.82, 2.24) is 15.5 Å². The molecule has 7 nitrogen and oxygen atoms in total. The van der Waals surface area contributed by atoms with Crippen molar-refractivity contribution >= 4 is 17.5 Å². The molecule has 0 aliphatic carbocycles. The number of carbonyl (C=O) groups is 1. The van der Waals surface area contributed by atoms with E-state index in [0.717, 1.165) is 5.56 Å². The van der Waals surface area contributed by atoms with E-state index in [1.165, 1.54) is 0 Å². The maximum absolute atomic E-state index is 11.7. The van der Waals surface area contributed by atoms with Gasteiger partial charge in [-0.2, -0.15) is 0 Å². The lowest BCUT2D eigenvalue weighted by atomic mass is 10.2. The first-order valence-corrected chi connectivity index (χ1v) is 8.24. The van der Waals surface area contributed by atoms with Gasteiger partial charge in [0, 0.05) is 22.7 Å². The lowest BCUT2D eigenvalue weighted by Gasteiger charge is -2.06. The van der Waals surface area contributed by atoms with Gasteiger partial charge in [0.15, 0.2) is 6.61 Å². The summed E-state index contributed by atoms with van der Waals surface area (Å²) in [6, 6.07) is 13.7. The third-order valence-electron chi connectivity index (χ3n) is 3.41. The van der Waals surface area contributed by atoms with Crippen molar-refractivity contribution in [3.05, 3.63) is 65.0 Å². The van der Waals surface area contributed by atoms with Gasteiger partial charge >= 0.3 is 0 Å². The van der Waals surface area contributed by atoms with E-state index in [1.807, 2.05) is 6.07 Å². The van der Waals surface area contributed by atoms with Gasteiger partial charge in [0.25, 0.3) is 11.8 Å². The number of carbonyl (C=O) groups excluding carboxylic acids is 1. The number of rotatable bonds is 7. The molecule has 1 amide bonds. The maximum atomic E-state index is 11.7. The summed E-state index contributed by atoms with van der Waals surface area (Å²) in [5.41, 5.74) is 1.21. The lowest BCUT2D eigenvalue weighted by Crippen LogP contribution is -2.26. The van der Waals surface area contributed by atoms with Gasteiger partial charge in [0.2, 0.25) is 5.89 Å². The van der Waals surface area contributed by atoms with Crippen LogP contribution in [0.5, 0.6) is 5.75 Å². The number of ether oxygens (including phenoxy) is 1. The molecule has 0 saturated carbocycles. The fourth-order valence-corrected chi connectivity index (χ4v) is 2.36. The molecule has 2 aromatic carbocycles. The summed E-state index contributed by atoms with van der Waals surface area (Å²) in [5.74, 6) is 0.992. The van der Waals surface area contributed by atoms with Gasteiger partial charge in [0.05, 0.1) is 6.61 Å². The number of amides is 1. The van der Waals surface area contributed by atoms with Crippen LogP contribution < -0.4 is 10.1 Å². The van der Waals surface area contributed by atoms with Crippen LogP contribution in [0.25, 0.3) is 11.5 Å². The zero-order valence-electron chi connectivity index (χ0n) is 13.7. The fourth-order valence-electron chi connectivity index (χ4n) is 2.17. The average molecular weight is 374 g/mol. The topological polar surface area (TPSA) is 97.5 Å². The van der Waals surface area contributed by atoms with E-state index < -0.39 is 0 Å².